The number of aryl methyl sites for hydroxylation is 4. The zero-order valence-corrected chi connectivity index (χ0v) is 17.6. The molecule has 6 nitrogen and oxygen atoms in total. The molecule has 4 rings (SSSR count). The molecule has 0 saturated carbocycles. The quantitative estimate of drug-likeness (QED) is 0.528. The van der Waals surface area contributed by atoms with Crippen molar-refractivity contribution in [2.24, 2.45) is 0 Å². The number of benzene rings is 2. The van der Waals surface area contributed by atoms with Gasteiger partial charge in [0.25, 0.3) is 5.91 Å². The molecule has 6 heteroatoms. The molecule has 4 aromatic rings. The maximum atomic E-state index is 12.5. The third kappa shape index (κ3) is 3.89. The van der Waals surface area contributed by atoms with Gasteiger partial charge in [0.1, 0.15) is 11.6 Å². The van der Waals surface area contributed by atoms with Crippen LogP contribution in [0.2, 0.25) is 0 Å². The molecular weight excluding hydrogens is 376 g/mol. The molecule has 30 heavy (non-hydrogen) atoms. The van der Waals surface area contributed by atoms with Gasteiger partial charge in [-0.2, -0.15) is 9.78 Å². The van der Waals surface area contributed by atoms with Gasteiger partial charge in [0.2, 0.25) is 0 Å². The summed E-state index contributed by atoms with van der Waals surface area (Å²) in [6.07, 6.45) is 0. The van der Waals surface area contributed by atoms with Gasteiger partial charge in [-0.3, -0.25) is 4.79 Å². The normalized spacial score (nSPS) is 10.9. The highest BCUT2D eigenvalue weighted by molar-refractivity contribution is 5.91. The van der Waals surface area contributed by atoms with Crippen LogP contribution < -0.4 is 10.1 Å². The van der Waals surface area contributed by atoms with Crippen molar-refractivity contribution in [3.63, 3.8) is 0 Å². The molecule has 1 N–H and O–H groups in total. The van der Waals surface area contributed by atoms with E-state index in [1.807, 2.05) is 69.3 Å². The number of carbonyl (C=O) groups is 1. The molecule has 0 saturated heterocycles. The standard InChI is InChI=1S/C24H24N4O2/c1-15-8-5-6-11-20(15)30-14-23(29)25-22-13-18(4)27-28(22)21-12-17(3)19-10-7-9-16(2)24(19)26-21/h5-13H,14H2,1-4H3,(H,25,29). The number of hydrogen-bond donors (Lipinski definition) is 1. The predicted octanol–water partition coefficient (Wildman–Crippen LogP) is 4.67. The van der Waals surface area contributed by atoms with Crippen molar-refractivity contribution in [3.8, 4) is 11.6 Å². The van der Waals surface area contributed by atoms with Crippen LogP contribution in [0.4, 0.5) is 5.82 Å². The van der Waals surface area contributed by atoms with Crippen molar-refractivity contribution in [2.45, 2.75) is 27.7 Å². The van der Waals surface area contributed by atoms with Gasteiger partial charge in [-0.1, -0.05) is 36.4 Å². The minimum absolute atomic E-state index is 0.0850. The van der Waals surface area contributed by atoms with Crippen LogP contribution in [0.15, 0.2) is 54.6 Å². The first-order chi connectivity index (χ1) is 14.4. The maximum Gasteiger partial charge on any atom is 0.263 e. The monoisotopic (exact) mass is 400 g/mol. The summed E-state index contributed by atoms with van der Waals surface area (Å²) in [5.41, 5.74) is 4.90. The van der Waals surface area contributed by atoms with E-state index in [4.69, 9.17) is 9.72 Å². The highest BCUT2D eigenvalue weighted by atomic mass is 16.5. The third-order valence-corrected chi connectivity index (χ3v) is 5.00. The summed E-state index contributed by atoms with van der Waals surface area (Å²) in [6.45, 7) is 7.84. The molecule has 152 valence electrons. The largest absolute Gasteiger partial charge is 0.483 e. The first-order valence-corrected chi connectivity index (χ1v) is 9.84. The van der Waals surface area contributed by atoms with Crippen LogP contribution in [0.3, 0.4) is 0 Å². The molecule has 0 atom stereocenters. The summed E-state index contributed by atoms with van der Waals surface area (Å²) in [5.74, 6) is 1.66. The van der Waals surface area contributed by atoms with Crippen LogP contribution in [0.1, 0.15) is 22.4 Å². The van der Waals surface area contributed by atoms with Gasteiger partial charge in [-0.15, -0.1) is 0 Å². The summed E-state index contributed by atoms with van der Waals surface area (Å²) in [6, 6.07) is 17.6. The van der Waals surface area contributed by atoms with Gasteiger partial charge in [-0.25, -0.2) is 4.98 Å². The number of fused-ring (bicyclic) bond motifs is 1. The van der Waals surface area contributed by atoms with Gasteiger partial charge in [0.15, 0.2) is 12.4 Å². The number of rotatable bonds is 5. The smallest absolute Gasteiger partial charge is 0.263 e. The van der Waals surface area contributed by atoms with Gasteiger partial charge in [-0.05, 0) is 56.5 Å². The number of nitrogens with zero attached hydrogens (tertiary/aromatic N) is 3. The van der Waals surface area contributed by atoms with E-state index in [1.165, 1.54) is 0 Å². The topological polar surface area (TPSA) is 69.0 Å². The number of carbonyl (C=O) groups excluding carboxylic acids is 1. The molecule has 0 bridgehead atoms. The Kier molecular flexibility index (Phi) is 5.23. The number of pyridine rings is 1. The zero-order chi connectivity index (χ0) is 21.3. The van der Waals surface area contributed by atoms with Crippen LogP contribution in [0.5, 0.6) is 5.75 Å². The molecule has 0 radical (unpaired) electrons. The van der Waals surface area contributed by atoms with Crippen LogP contribution >= 0.6 is 0 Å². The van der Waals surface area contributed by atoms with Crippen molar-refractivity contribution in [2.75, 3.05) is 11.9 Å². The van der Waals surface area contributed by atoms with Gasteiger partial charge in [0, 0.05) is 11.5 Å². The number of ether oxygens (including phenoxy) is 1. The Morgan fingerprint density at radius 3 is 2.53 bits per heavy atom. The second-order valence-electron chi connectivity index (χ2n) is 7.45. The van der Waals surface area contributed by atoms with E-state index in [-0.39, 0.29) is 12.5 Å². The summed E-state index contributed by atoms with van der Waals surface area (Å²) in [7, 11) is 0. The Bertz CT molecular complexity index is 1240. The molecular formula is C24H24N4O2. The SMILES string of the molecule is Cc1cc(NC(=O)COc2ccccc2C)n(-c2cc(C)c3cccc(C)c3n2)n1. The zero-order valence-electron chi connectivity index (χ0n) is 17.6. The lowest BCUT2D eigenvalue weighted by atomic mass is 10.1. The van der Waals surface area contributed by atoms with E-state index in [1.54, 1.807) is 4.68 Å². The minimum Gasteiger partial charge on any atom is -0.483 e. The van der Waals surface area contributed by atoms with Crippen molar-refractivity contribution < 1.29 is 9.53 Å². The van der Waals surface area contributed by atoms with E-state index in [2.05, 4.69) is 23.4 Å². The first kappa shape index (κ1) is 19.6. The molecule has 1 amide bonds. The Morgan fingerprint density at radius 2 is 1.73 bits per heavy atom. The van der Waals surface area contributed by atoms with E-state index < -0.39 is 0 Å². The van der Waals surface area contributed by atoms with E-state index in [0.717, 1.165) is 33.3 Å². The Labute approximate surface area is 175 Å². The van der Waals surface area contributed by atoms with Crippen LogP contribution in [-0.2, 0) is 4.79 Å². The Morgan fingerprint density at radius 1 is 0.967 bits per heavy atom. The number of nitrogens with one attached hydrogen (secondary N) is 1. The molecule has 2 aromatic heterocycles. The number of anilines is 1. The van der Waals surface area contributed by atoms with Crippen LogP contribution in [0.25, 0.3) is 16.7 Å². The van der Waals surface area contributed by atoms with E-state index >= 15 is 0 Å². The average molecular weight is 400 g/mol. The van der Waals surface area contributed by atoms with E-state index in [0.29, 0.717) is 17.4 Å². The Hall–Kier alpha value is -3.67. The second kappa shape index (κ2) is 7.99. The number of para-hydroxylation sites is 2. The van der Waals surface area contributed by atoms with Crippen LogP contribution in [-0.4, -0.2) is 27.3 Å². The Balaban J connectivity index is 1.60. The molecule has 0 spiro atoms. The fourth-order valence-electron chi connectivity index (χ4n) is 3.46. The van der Waals surface area contributed by atoms with Crippen molar-refractivity contribution >= 4 is 22.6 Å². The molecule has 0 fully saturated rings. The average Bonchev–Trinajstić information content (AvgIpc) is 3.08. The van der Waals surface area contributed by atoms with E-state index in [9.17, 15) is 4.79 Å². The van der Waals surface area contributed by atoms with Gasteiger partial charge >= 0.3 is 0 Å². The summed E-state index contributed by atoms with van der Waals surface area (Å²) in [4.78, 5) is 17.3. The summed E-state index contributed by atoms with van der Waals surface area (Å²) < 4.78 is 7.32. The van der Waals surface area contributed by atoms with Gasteiger partial charge in [0.05, 0.1) is 11.2 Å². The molecule has 0 unspecified atom stereocenters. The predicted molar refractivity (Wildman–Crippen MR) is 118 cm³/mol. The summed E-state index contributed by atoms with van der Waals surface area (Å²) >= 11 is 0. The lowest BCUT2D eigenvalue weighted by molar-refractivity contribution is -0.118. The molecule has 0 aliphatic rings. The minimum atomic E-state index is -0.256. The highest BCUT2D eigenvalue weighted by Gasteiger charge is 2.14. The lowest BCUT2D eigenvalue weighted by Crippen LogP contribution is -2.22. The third-order valence-electron chi connectivity index (χ3n) is 5.00. The second-order valence-corrected chi connectivity index (χ2v) is 7.45. The number of aromatic nitrogens is 3. The van der Waals surface area contributed by atoms with Crippen molar-refractivity contribution in [1.29, 1.82) is 0 Å². The molecule has 0 aliphatic carbocycles. The summed E-state index contributed by atoms with van der Waals surface area (Å²) in [5, 5.41) is 8.55. The first-order valence-electron chi connectivity index (χ1n) is 9.84. The van der Waals surface area contributed by atoms with Crippen molar-refractivity contribution in [3.05, 3.63) is 77.0 Å². The maximum absolute atomic E-state index is 12.5. The molecule has 2 heterocycles. The molecule has 0 aliphatic heterocycles. The fourth-order valence-corrected chi connectivity index (χ4v) is 3.46. The van der Waals surface area contributed by atoms with Gasteiger partial charge < -0.3 is 10.1 Å². The lowest BCUT2D eigenvalue weighted by Gasteiger charge is -2.12. The number of hydrogen-bond acceptors (Lipinski definition) is 4. The van der Waals surface area contributed by atoms with Crippen LogP contribution in [0, 0.1) is 27.7 Å². The fraction of sp³-hybridized carbons (Fsp3) is 0.208. The molecule has 2 aromatic carbocycles. The number of amides is 1. The van der Waals surface area contributed by atoms with Crippen molar-refractivity contribution in [1.82, 2.24) is 14.8 Å². The highest BCUT2D eigenvalue weighted by Crippen LogP contribution is 2.24.